The van der Waals surface area contributed by atoms with Crippen LogP contribution in [0, 0.1) is 6.92 Å². The van der Waals surface area contributed by atoms with E-state index in [2.05, 4.69) is 65.7 Å². The van der Waals surface area contributed by atoms with E-state index in [1.807, 2.05) is 0 Å². The van der Waals surface area contributed by atoms with Crippen molar-refractivity contribution in [2.75, 3.05) is 10.7 Å². The quantitative estimate of drug-likeness (QED) is 0.576. The molecule has 0 amide bonds. The first-order valence-electron chi connectivity index (χ1n) is 6.72. The van der Waals surface area contributed by atoms with Crippen molar-refractivity contribution < 1.29 is 0 Å². The van der Waals surface area contributed by atoms with E-state index in [0.717, 1.165) is 17.9 Å². The van der Waals surface area contributed by atoms with Crippen molar-refractivity contribution in [1.82, 2.24) is 9.97 Å². The van der Waals surface area contributed by atoms with Gasteiger partial charge in [-0.05, 0) is 18.4 Å². The molecule has 4 N–H and O–H groups in total. The van der Waals surface area contributed by atoms with E-state index in [4.69, 9.17) is 5.84 Å². The number of nitrogen functional groups attached to an aromatic ring is 1. The van der Waals surface area contributed by atoms with Gasteiger partial charge < -0.3 is 10.7 Å². The van der Waals surface area contributed by atoms with Crippen LogP contribution in [0.2, 0.25) is 0 Å². The molecule has 20 heavy (non-hydrogen) atoms. The molecule has 0 aliphatic carbocycles. The first kappa shape index (κ1) is 14.3. The second kappa shape index (κ2) is 6.34. The van der Waals surface area contributed by atoms with E-state index in [-0.39, 0.29) is 5.92 Å². The van der Waals surface area contributed by atoms with Crippen LogP contribution in [0.3, 0.4) is 0 Å². The van der Waals surface area contributed by atoms with Crippen LogP contribution in [0.25, 0.3) is 0 Å². The Labute approximate surface area is 119 Å². The zero-order valence-electron chi connectivity index (χ0n) is 12.1. The fraction of sp³-hybridized carbons (Fsp3) is 0.333. The number of hydrogen-bond donors (Lipinski definition) is 3. The molecular weight excluding hydrogens is 250 g/mol. The number of nitrogens with zero attached hydrogens (tertiary/aromatic N) is 2. The maximum absolute atomic E-state index is 5.51. The number of hydrazine groups is 1. The lowest BCUT2D eigenvalue weighted by molar-refractivity contribution is 0.845. The monoisotopic (exact) mass is 271 g/mol. The molecule has 0 spiro atoms. The van der Waals surface area contributed by atoms with Crippen LogP contribution in [-0.4, -0.2) is 9.97 Å². The summed E-state index contributed by atoms with van der Waals surface area (Å²) >= 11 is 0. The lowest BCUT2D eigenvalue weighted by Crippen LogP contribution is -2.15. The highest BCUT2D eigenvalue weighted by Gasteiger charge is 2.13. The molecule has 0 saturated carbocycles. The summed E-state index contributed by atoms with van der Waals surface area (Å²) in [5.41, 5.74) is 6.11. The summed E-state index contributed by atoms with van der Waals surface area (Å²) in [5, 5.41) is 3.36. The molecular formula is C15H21N5. The van der Waals surface area contributed by atoms with E-state index < -0.39 is 0 Å². The predicted molar refractivity (Wildman–Crippen MR) is 82.4 cm³/mol. The zero-order valence-corrected chi connectivity index (χ0v) is 12.1. The summed E-state index contributed by atoms with van der Waals surface area (Å²) in [7, 11) is 0. The van der Waals surface area contributed by atoms with Gasteiger partial charge in [0.2, 0.25) is 0 Å². The Morgan fingerprint density at radius 3 is 2.35 bits per heavy atom. The zero-order chi connectivity index (χ0) is 14.5. The number of aromatic nitrogens is 2. The Bertz CT molecular complexity index is 563. The van der Waals surface area contributed by atoms with Gasteiger partial charge in [0.1, 0.15) is 18.0 Å². The average molecular weight is 271 g/mol. The molecule has 0 fully saturated rings. The fourth-order valence-corrected chi connectivity index (χ4v) is 2.09. The highest BCUT2D eigenvalue weighted by molar-refractivity contribution is 5.58. The van der Waals surface area contributed by atoms with E-state index in [9.17, 15) is 0 Å². The molecule has 1 aromatic carbocycles. The van der Waals surface area contributed by atoms with Crippen LogP contribution in [-0.2, 0) is 6.54 Å². The van der Waals surface area contributed by atoms with Crippen LogP contribution in [0.4, 0.5) is 11.6 Å². The number of benzene rings is 1. The smallest absolute Gasteiger partial charge is 0.148 e. The topological polar surface area (TPSA) is 75.9 Å². The summed E-state index contributed by atoms with van der Waals surface area (Å²) in [6.07, 6.45) is 1.51. The van der Waals surface area contributed by atoms with E-state index in [0.29, 0.717) is 5.82 Å². The SMILES string of the molecule is Cc1ccc(CNc2ncnc(NN)c2C(C)C)cc1. The van der Waals surface area contributed by atoms with Crippen molar-refractivity contribution in [3.8, 4) is 0 Å². The molecule has 0 bridgehead atoms. The van der Waals surface area contributed by atoms with Crippen molar-refractivity contribution in [1.29, 1.82) is 0 Å². The molecule has 1 heterocycles. The Kier molecular flexibility index (Phi) is 4.53. The molecule has 0 radical (unpaired) electrons. The lowest BCUT2D eigenvalue weighted by atomic mass is 10.0. The number of nitrogens with one attached hydrogen (secondary N) is 2. The molecule has 5 nitrogen and oxygen atoms in total. The standard InChI is InChI=1S/C15H21N5/c1-10(2)13-14(18-9-19-15(13)20-16)17-8-12-6-4-11(3)5-7-12/h4-7,9-10H,8,16H2,1-3H3,(H2,17,18,19,20). The Balaban J connectivity index is 2.18. The Hall–Kier alpha value is -2.14. The fourth-order valence-electron chi connectivity index (χ4n) is 2.09. The second-order valence-corrected chi connectivity index (χ2v) is 5.12. The molecule has 0 unspecified atom stereocenters. The minimum atomic E-state index is 0.280. The second-order valence-electron chi connectivity index (χ2n) is 5.12. The predicted octanol–water partition coefficient (Wildman–Crippen LogP) is 2.81. The molecule has 0 aliphatic heterocycles. The van der Waals surface area contributed by atoms with Crippen molar-refractivity contribution >= 4 is 11.6 Å². The molecule has 2 rings (SSSR count). The number of aryl methyl sites for hydroxylation is 1. The molecule has 0 saturated heterocycles. The van der Waals surface area contributed by atoms with Gasteiger partial charge in [-0.2, -0.15) is 0 Å². The van der Waals surface area contributed by atoms with Gasteiger partial charge in [0.05, 0.1) is 0 Å². The molecule has 2 aromatic rings. The minimum Gasteiger partial charge on any atom is -0.366 e. The highest BCUT2D eigenvalue weighted by Crippen LogP contribution is 2.27. The van der Waals surface area contributed by atoms with Crippen LogP contribution >= 0.6 is 0 Å². The number of anilines is 2. The van der Waals surface area contributed by atoms with Crippen LogP contribution in [0.1, 0.15) is 36.5 Å². The normalized spacial score (nSPS) is 10.7. The van der Waals surface area contributed by atoms with Crippen molar-refractivity contribution in [3.05, 3.63) is 47.3 Å². The van der Waals surface area contributed by atoms with E-state index in [1.165, 1.54) is 17.5 Å². The molecule has 1 aromatic heterocycles. The van der Waals surface area contributed by atoms with Crippen LogP contribution in [0.15, 0.2) is 30.6 Å². The number of hydrogen-bond acceptors (Lipinski definition) is 5. The van der Waals surface area contributed by atoms with E-state index >= 15 is 0 Å². The van der Waals surface area contributed by atoms with E-state index in [1.54, 1.807) is 0 Å². The molecule has 0 atom stereocenters. The lowest BCUT2D eigenvalue weighted by Gasteiger charge is -2.16. The van der Waals surface area contributed by atoms with Gasteiger partial charge in [-0.15, -0.1) is 0 Å². The highest BCUT2D eigenvalue weighted by atomic mass is 15.3. The van der Waals surface area contributed by atoms with Gasteiger partial charge in [-0.1, -0.05) is 43.7 Å². The van der Waals surface area contributed by atoms with Gasteiger partial charge >= 0.3 is 0 Å². The summed E-state index contributed by atoms with van der Waals surface area (Å²) in [6, 6.07) is 8.43. The maximum atomic E-state index is 5.51. The summed E-state index contributed by atoms with van der Waals surface area (Å²) in [4.78, 5) is 8.48. The Morgan fingerprint density at radius 2 is 1.75 bits per heavy atom. The third-order valence-corrected chi connectivity index (χ3v) is 3.18. The maximum Gasteiger partial charge on any atom is 0.148 e. The molecule has 5 heteroatoms. The largest absolute Gasteiger partial charge is 0.366 e. The van der Waals surface area contributed by atoms with Crippen LogP contribution in [0.5, 0.6) is 0 Å². The minimum absolute atomic E-state index is 0.280. The average Bonchev–Trinajstić information content (AvgIpc) is 2.46. The summed E-state index contributed by atoms with van der Waals surface area (Å²) in [6.45, 7) is 6.99. The summed E-state index contributed by atoms with van der Waals surface area (Å²) in [5.74, 6) is 7.28. The molecule has 106 valence electrons. The first-order valence-corrected chi connectivity index (χ1v) is 6.72. The van der Waals surface area contributed by atoms with Gasteiger partial charge in [0, 0.05) is 12.1 Å². The number of rotatable bonds is 5. The van der Waals surface area contributed by atoms with Gasteiger partial charge in [-0.3, -0.25) is 0 Å². The van der Waals surface area contributed by atoms with Gasteiger partial charge in [0.15, 0.2) is 0 Å². The number of nitrogens with two attached hydrogens (primary N) is 1. The Morgan fingerprint density at radius 1 is 1.10 bits per heavy atom. The van der Waals surface area contributed by atoms with Gasteiger partial charge in [-0.25, -0.2) is 15.8 Å². The van der Waals surface area contributed by atoms with Crippen molar-refractivity contribution in [2.45, 2.75) is 33.2 Å². The van der Waals surface area contributed by atoms with Crippen molar-refractivity contribution in [2.24, 2.45) is 5.84 Å². The van der Waals surface area contributed by atoms with Crippen LogP contribution < -0.4 is 16.6 Å². The summed E-state index contributed by atoms with van der Waals surface area (Å²) < 4.78 is 0. The van der Waals surface area contributed by atoms with Crippen molar-refractivity contribution in [3.63, 3.8) is 0 Å². The third-order valence-electron chi connectivity index (χ3n) is 3.18. The van der Waals surface area contributed by atoms with Gasteiger partial charge in [0.25, 0.3) is 0 Å². The third kappa shape index (κ3) is 3.24. The molecule has 0 aliphatic rings. The first-order chi connectivity index (χ1) is 9.61.